The summed E-state index contributed by atoms with van der Waals surface area (Å²) in [7, 11) is 0. The molecule has 0 atom stereocenters. The highest BCUT2D eigenvalue weighted by Gasteiger charge is 2.25. The van der Waals surface area contributed by atoms with Crippen molar-refractivity contribution in [3.63, 3.8) is 0 Å². The number of hydrogen-bond donors (Lipinski definition) is 5. The highest BCUT2D eigenvalue weighted by molar-refractivity contribution is 5.92. The number of alkyl halides is 2. The van der Waals surface area contributed by atoms with E-state index < -0.39 is 35.8 Å². The standard InChI is InChI=1S/C20H15N3O2.C19H18N2O3.2C18H14N2O3.C17H13F2N3O2/c24-20(25)16-5-3-4-15(12-16)17-13-21-23(14-17)19-8-6-18(7-9-19)22-10-1-2-11-22;1-13(2)24-18-8-6-17(7-9-18)21-12-16(11-20-21)14-4-3-5-15(10-14)19(22)23;21-18(22)14-3-1-12(2-4-14)15-10-19-20(11-15)16-6-5-13-7-8-23-17(13)9-16;21-18(22)14-3-1-2-13(8-14)15-10-19-20(11-15)16-5-4-12-6-7-23-17(12)9-16;1-17(18,19)14-5-6-15(20-9-14)22-10-13(8-21-22)11-3-2-4-12(7-11)16(23)24/h1-14H,(H,24,25);3-13H,1-2H3,(H,22,23);1-6,9-11H,7-8H2,(H,21,22);1-5,8-11H,6-7H2,(H,21,22);2-10H,1H3,(H,23,24). The van der Waals surface area contributed by atoms with Crippen LogP contribution in [0.15, 0.2) is 311 Å². The van der Waals surface area contributed by atoms with E-state index in [1.807, 2.05) is 159 Å². The van der Waals surface area contributed by atoms with E-state index in [1.54, 1.807) is 147 Å². The number of ether oxygens (including phenoxy) is 3. The Balaban J connectivity index is 0.000000122. The van der Waals surface area contributed by atoms with Crippen LogP contribution in [0.3, 0.4) is 0 Å². The molecule has 9 heterocycles. The molecule has 594 valence electrons. The van der Waals surface area contributed by atoms with Gasteiger partial charge < -0.3 is 44.3 Å². The lowest BCUT2D eigenvalue weighted by Gasteiger charge is -2.10. The van der Waals surface area contributed by atoms with E-state index >= 15 is 0 Å². The van der Waals surface area contributed by atoms with Crippen LogP contribution in [0.5, 0.6) is 17.2 Å². The lowest BCUT2D eigenvalue weighted by molar-refractivity contribution is 0.0170. The molecule has 0 amide bonds. The number of carboxylic acids is 5. The summed E-state index contributed by atoms with van der Waals surface area (Å²) in [5.41, 5.74) is 16.6. The Morgan fingerprint density at radius 2 is 0.723 bits per heavy atom. The molecular formula is C92H74F2N12O13. The fraction of sp³-hybridized carbons (Fsp3) is 0.0978. The van der Waals surface area contributed by atoms with Crippen molar-refractivity contribution < 1.29 is 72.5 Å². The predicted octanol–water partition coefficient (Wildman–Crippen LogP) is 18.1. The van der Waals surface area contributed by atoms with Crippen molar-refractivity contribution in [3.05, 3.63) is 356 Å². The van der Waals surface area contributed by atoms with E-state index in [1.165, 1.54) is 40.1 Å². The van der Waals surface area contributed by atoms with Crippen molar-refractivity contribution in [2.45, 2.75) is 45.6 Å². The first-order valence-corrected chi connectivity index (χ1v) is 37.3. The number of aromatic nitrogens is 12. The van der Waals surface area contributed by atoms with Gasteiger partial charge in [0.25, 0.3) is 5.92 Å². The lowest BCUT2D eigenvalue weighted by Crippen LogP contribution is -2.08. The zero-order valence-corrected chi connectivity index (χ0v) is 64.0. The van der Waals surface area contributed by atoms with Crippen molar-refractivity contribution in [2.75, 3.05) is 13.2 Å². The number of nitrogens with zero attached hydrogens (tertiary/aromatic N) is 12. The fourth-order valence-electron chi connectivity index (χ4n) is 12.8. The minimum Gasteiger partial charge on any atom is -0.493 e. The third kappa shape index (κ3) is 19.7. The summed E-state index contributed by atoms with van der Waals surface area (Å²) in [5.74, 6) is -4.66. The van der Waals surface area contributed by atoms with Crippen molar-refractivity contribution in [1.82, 2.24) is 58.5 Å². The van der Waals surface area contributed by atoms with Crippen LogP contribution < -0.4 is 14.2 Å². The van der Waals surface area contributed by atoms with Crippen LogP contribution in [0, 0.1) is 0 Å². The van der Waals surface area contributed by atoms with E-state index in [0.29, 0.717) is 16.9 Å². The van der Waals surface area contributed by atoms with Gasteiger partial charge in [0.15, 0.2) is 5.82 Å². The second kappa shape index (κ2) is 35.6. The van der Waals surface area contributed by atoms with Crippen LogP contribution in [0.2, 0.25) is 0 Å². The van der Waals surface area contributed by atoms with Crippen LogP contribution >= 0.6 is 0 Å². The zero-order chi connectivity index (χ0) is 83.3. The van der Waals surface area contributed by atoms with Gasteiger partial charge in [0, 0.05) is 121 Å². The number of aromatic carboxylic acids is 5. The van der Waals surface area contributed by atoms with Gasteiger partial charge >= 0.3 is 29.8 Å². The van der Waals surface area contributed by atoms with Crippen molar-refractivity contribution in [2.24, 2.45) is 0 Å². The van der Waals surface area contributed by atoms with Crippen molar-refractivity contribution in [3.8, 4) is 107 Å². The largest absolute Gasteiger partial charge is 0.493 e. The summed E-state index contributed by atoms with van der Waals surface area (Å²) in [4.78, 5) is 59.2. The van der Waals surface area contributed by atoms with Gasteiger partial charge in [0.05, 0.1) is 101 Å². The molecule has 9 aromatic carbocycles. The monoisotopic (exact) mass is 1590 g/mol. The molecule has 0 aliphatic carbocycles. The second-order valence-corrected chi connectivity index (χ2v) is 27.6. The van der Waals surface area contributed by atoms with Crippen LogP contribution in [0.1, 0.15) is 89.3 Å². The Morgan fingerprint density at radius 3 is 1.09 bits per heavy atom. The molecule has 25 nitrogen and oxygen atoms in total. The molecule has 7 aromatic heterocycles. The SMILES string of the molecule is CC(C)Oc1ccc(-n2cc(-c3cccc(C(=O)O)c3)cn2)cc1.CC(F)(F)c1ccc(-n2cc(-c3cccc(C(=O)O)c3)cn2)nc1.O=C(O)c1ccc(-c2cnn(-c3ccc4c(c3)OCC4)c2)cc1.O=C(O)c1cccc(-c2cnn(-c3ccc(-n4cccc4)cc3)c2)c1.O=C(O)c1cccc(-c2cnn(-c3ccc4c(c3)OCC4)c2)c1. The molecule has 119 heavy (non-hydrogen) atoms. The topological polar surface area (TPSA) is 321 Å². The number of pyridine rings is 1. The Morgan fingerprint density at radius 1 is 0.370 bits per heavy atom. The fourth-order valence-corrected chi connectivity index (χ4v) is 12.8. The van der Waals surface area contributed by atoms with Gasteiger partial charge in [-0.2, -0.15) is 25.5 Å². The maximum absolute atomic E-state index is 13.2. The number of fused-ring (bicyclic) bond motifs is 2. The number of carbonyl (C=O) groups is 5. The maximum atomic E-state index is 13.2. The minimum absolute atomic E-state index is 0.133. The smallest absolute Gasteiger partial charge is 0.335 e. The van der Waals surface area contributed by atoms with Crippen LogP contribution in [0.4, 0.5) is 8.78 Å². The molecule has 0 fully saturated rings. The molecule has 5 N–H and O–H groups in total. The second-order valence-electron chi connectivity index (χ2n) is 27.6. The quantitative estimate of drug-likeness (QED) is 0.0502. The highest BCUT2D eigenvalue weighted by Crippen LogP contribution is 2.33. The molecule has 0 saturated heterocycles. The number of carboxylic acid groups (broad SMARTS) is 5. The number of halogens is 2. The van der Waals surface area contributed by atoms with Gasteiger partial charge in [-0.15, -0.1) is 0 Å². The van der Waals surface area contributed by atoms with E-state index in [-0.39, 0.29) is 39.5 Å². The van der Waals surface area contributed by atoms with Gasteiger partial charge in [-0.3, -0.25) is 0 Å². The average Bonchev–Trinajstić information content (AvgIpc) is 1.69. The average molecular weight is 1590 g/mol. The van der Waals surface area contributed by atoms with E-state index in [9.17, 15) is 32.8 Å². The van der Waals surface area contributed by atoms with E-state index in [4.69, 9.17) is 39.7 Å². The predicted molar refractivity (Wildman–Crippen MR) is 441 cm³/mol. The molecule has 0 bridgehead atoms. The first-order chi connectivity index (χ1) is 57.5. The van der Waals surface area contributed by atoms with Gasteiger partial charge in [-0.05, 0) is 198 Å². The molecule has 0 saturated carbocycles. The molecule has 27 heteroatoms. The third-order valence-corrected chi connectivity index (χ3v) is 19.0. The van der Waals surface area contributed by atoms with Crippen molar-refractivity contribution in [1.29, 1.82) is 0 Å². The Bertz CT molecular complexity index is 6300. The minimum atomic E-state index is -2.95. The molecule has 16 aromatic rings. The normalized spacial score (nSPS) is 11.6. The van der Waals surface area contributed by atoms with E-state index in [0.717, 1.165) is 129 Å². The summed E-state index contributed by atoms with van der Waals surface area (Å²) in [6.07, 6.45) is 24.9. The Labute approximate surface area is 679 Å². The summed E-state index contributed by atoms with van der Waals surface area (Å²) in [5, 5.41) is 67.0. The van der Waals surface area contributed by atoms with Crippen LogP contribution in [0.25, 0.3) is 89.9 Å². The number of hydrogen-bond acceptors (Lipinski definition) is 14. The summed E-state index contributed by atoms with van der Waals surface area (Å²) >= 11 is 0. The number of rotatable bonds is 19. The summed E-state index contributed by atoms with van der Waals surface area (Å²) in [6.45, 7) is 6.24. The molecule has 18 rings (SSSR count). The van der Waals surface area contributed by atoms with Crippen molar-refractivity contribution >= 4 is 29.8 Å². The molecule has 0 radical (unpaired) electrons. The van der Waals surface area contributed by atoms with Gasteiger partial charge in [0.1, 0.15) is 17.2 Å². The molecule has 2 aliphatic heterocycles. The van der Waals surface area contributed by atoms with Gasteiger partial charge in [-0.25, -0.2) is 61.1 Å². The molecule has 2 aliphatic rings. The third-order valence-electron chi connectivity index (χ3n) is 19.0. The van der Waals surface area contributed by atoms with Crippen LogP contribution in [-0.4, -0.2) is 133 Å². The maximum Gasteiger partial charge on any atom is 0.335 e. The summed E-state index contributed by atoms with van der Waals surface area (Å²) in [6, 6.07) is 68.3. The Kier molecular flexibility index (Phi) is 23.9. The first kappa shape index (κ1) is 79.7. The lowest BCUT2D eigenvalue weighted by atomic mass is 10.1. The number of benzene rings is 9. The van der Waals surface area contributed by atoms with Gasteiger partial charge in [0.2, 0.25) is 0 Å². The van der Waals surface area contributed by atoms with Crippen LogP contribution in [-0.2, 0) is 18.8 Å². The highest BCUT2D eigenvalue weighted by atomic mass is 19.3. The molecule has 0 unspecified atom stereocenters. The first-order valence-electron chi connectivity index (χ1n) is 37.3. The van der Waals surface area contributed by atoms with Gasteiger partial charge in [-0.1, -0.05) is 72.8 Å². The zero-order valence-electron chi connectivity index (χ0n) is 64.0. The molecular weight excluding hydrogens is 1520 g/mol. The summed E-state index contributed by atoms with van der Waals surface area (Å²) < 4.78 is 53.8. The molecule has 0 spiro atoms. The Hall–Kier alpha value is -15.9. The van der Waals surface area contributed by atoms with E-state index in [2.05, 4.69) is 42.6 Å².